The average Bonchev–Trinajstić information content (AvgIpc) is 2.32. The second-order valence-corrected chi connectivity index (χ2v) is 3.38. The highest BCUT2D eigenvalue weighted by atomic mass is 79.9. The first-order chi connectivity index (χ1) is 5.54. The molecule has 0 saturated carbocycles. The molecule has 1 unspecified atom stereocenters. The summed E-state index contributed by atoms with van der Waals surface area (Å²) >= 11 is 3.24. The summed E-state index contributed by atoms with van der Waals surface area (Å²) in [6, 6.07) is -0.481. The second-order valence-electron chi connectivity index (χ2n) is 2.63. The molecule has 4 nitrogen and oxygen atoms in total. The molecule has 0 saturated heterocycles. The van der Waals surface area contributed by atoms with E-state index in [0.29, 0.717) is 10.2 Å². The number of rotatable bonds is 2. The van der Waals surface area contributed by atoms with Gasteiger partial charge in [-0.05, 0) is 22.9 Å². The number of nitrogens with two attached hydrogens (primary N) is 1. The van der Waals surface area contributed by atoms with Crippen molar-refractivity contribution in [2.45, 2.75) is 13.0 Å². The van der Waals surface area contributed by atoms with Gasteiger partial charge in [-0.15, -0.1) is 0 Å². The number of Topliss-reactive ketones (excluding diaryl/α,β-unsaturated/α-hetero) is 1. The third-order valence-corrected chi connectivity index (χ3v) is 2.49. The minimum absolute atomic E-state index is 0.102. The highest BCUT2D eigenvalue weighted by Crippen LogP contribution is 2.16. The Bertz CT molecular complexity index is 306. The molecule has 1 atom stereocenters. The van der Waals surface area contributed by atoms with E-state index in [1.54, 1.807) is 18.7 Å². The second kappa shape index (κ2) is 3.37. The van der Waals surface area contributed by atoms with Crippen LogP contribution in [-0.2, 0) is 7.05 Å². The molecule has 5 heteroatoms. The maximum atomic E-state index is 11.4. The first-order valence-corrected chi connectivity index (χ1v) is 4.30. The molecule has 0 amide bonds. The number of aromatic nitrogens is 2. The maximum Gasteiger partial charge on any atom is 0.183 e. The fraction of sp³-hybridized carbons (Fsp3) is 0.429. The SMILES string of the molecule is CC(N)C(=O)c1cnn(C)c1Br. The summed E-state index contributed by atoms with van der Waals surface area (Å²) in [7, 11) is 1.75. The van der Waals surface area contributed by atoms with E-state index in [0.717, 1.165) is 0 Å². The predicted molar refractivity (Wildman–Crippen MR) is 48.9 cm³/mol. The number of hydrogen-bond donors (Lipinski definition) is 1. The summed E-state index contributed by atoms with van der Waals surface area (Å²) in [6.07, 6.45) is 1.51. The molecule has 2 N–H and O–H groups in total. The molecule has 1 rings (SSSR count). The van der Waals surface area contributed by atoms with Crippen LogP contribution in [0.1, 0.15) is 17.3 Å². The Kier molecular flexibility index (Phi) is 2.64. The molecule has 0 radical (unpaired) electrons. The summed E-state index contributed by atoms with van der Waals surface area (Å²) in [5, 5.41) is 3.91. The van der Waals surface area contributed by atoms with Gasteiger partial charge in [0.1, 0.15) is 4.60 Å². The van der Waals surface area contributed by atoms with Gasteiger partial charge < -0.3 is 5.73 Å². The normalized spacial score (nSPS) is 13.0. The van der Waals surface area contributed by atoms with Gasteiger partial charge in [0.25, 0.3) is 0 Å². The van der Waals surface area contributed by atoms with Gasteiger partial charge in [-0.3, -0.25) is 9.48 Å². The molecule has 0 aliphatic carbocycles. The van der Waals surface area contributed by atoms with Crippen LogP contribution in [0.4, 0.5) is 0 Å². The van der Waals surface area contributed by atoms with Crippen LogP contribution in [0.5, 0.6) is 0 Å². The number of carbonyl (C=O) groups excluding carboxylic acids is 1. The molecule has 1 heterocycles. The summed E-state index contributed by atoms with van der Waals surface area (Å²) in [5.41, 5.74) is 5.97. The number of ketones is 1. The van der Waals surface area contributed by atoms with Gasteiger partial charge in [-0.2, -0.15) is 5.10 Å². The van der Waals surface area contributed by atoms with Gasteiger partial charge in [-0.25, -0.2) is 0 Å². The molecule has 0 fully saturated rings. The lowest BCUT2D eigenvalue weighted by Gasteiger charge is -2.01. The molecular formula is C7H10BrN3O. The highest BCUT2D eigenvalue weighted by molar-refractivity contribution is 9.10. The van der Waals surface area contributed by atoms with Gasteiger partial charge in [0.05, 0.1) is 17.8 Å². The van der Waals surface area contributed by atoms with Crippen LogP contribution < -0.4 is 5.73 Å². The standard InChI is InChI=1S/C7H10BrN3O/c1-4(9)6(12)5-3-10-11(2)7(5)8/h3-4H,9H2,1-2H3. The first-order valence-electron chi connectivity index (χ1n) is 3.51. The van der Waals surface area contributed by atoms with Crippen LogP contribution in [0.2, 0.25) is 0 Å². The van der Waals surface area contributed by atoms with Gasteiger partial charge in [0.2, 0.25) is 0 Å². The molecule has 1 aromatic heterocycles. The van der Waals surface area contributed by atoms with E-state index >= 15 is 0 Å². The summed E-state index contributed by atoms with van der Waals surface area (Å²) in [5.74, 6) is -0.102. The first kappa shape index (κ1) is 9.41. The zero-order valence-corrected chi connectivity index (χ0v) is 8.50. The lowest BCUT2D eigenvalue weighted by Crippen LogP contribution is -2.26. The van der Waals surface area contributed by atoms with Crippen molar-refractivity contribution in [2.24, 2.45) is 12.8 Å². The molecular weight excluding hydrogens is 222 g/mol. The van der Waals surface area contributed by atoms with E-state index in [9.17, 15) is 4.79 Å². The Morgan fingerprint density at radius 2 is 2.42 bits per heavy atom. The number of halogens is 1. The highest BCUT2D eigenvalue weighted by Gasteiger charge is 2.16. The van der Waals surface area contributed by atoms with E-state index in [4.69, 9.17) is 5.73 Å². The van der Waals surface area contributed by atoms with Crippen LogP contribution in [0.25, 0.3) is 0 Å². The van der Waals surface area contributed by atoms with Crippen molar-refractivity contribution in [3.63, 3.8) is 0 Å². The van der Waals surface area contributed by atoms with Crippen molar-refractivity contribution in [3.05, 3.63) is 16.4 Å². The van der Waals surface area contributed by atoms with E-state index in [1.165, 1.54) is 6.20 Å². The van der Waals surface area contributed by atoms with Crippen LogP contribution >= 0.6 is 15.9 Å². The fourth-order valence-corrected chi connectivity index (χ4v) is 1.22. The van der Waals surface area contributed by atoms with Crippen molar-refractivity contribution < 1.29 is 4.79 Å². The van der Waals surface area contributed by atoms with Gasteiger partial charge in [0, 0.05) is 7.05 Å². The molecule has 12 heavy (non-hydrogen) atoms. The third-order valence-electron chi connectivity index (χ3n) is 1.55. The minimum Gasteiger partial charge on any atom is -0.321 e. The van der Waals surface area contributed by atoms with Crippen LogP contribution in [0, 0.1) is 0 Å². The average molecular weight is 232 g/mol. The smallest absolute Gasteiger partial charge is 0.183 e. The number of nitrogens with zero attached hydrogens (tertiary/aromatic N) is 2. The maximum absolute atomic E-state index is 11.4. The van der Waals surface area contributed by atoms with E-state index in [-0.39, 0.29) is 5.78 Å². The Morgan fingerprint density at radius 3 is 2.75 bits per heavy atom. The third kappa shape index (κ3) is 1.56. The van der Waals surface area contributed by atoms with Crippen LogP contribution in [0.3, 0.4) is 0 Å². The topological polar surface area (TPSA) is 60.9 Å². The zero-order chi connectivity index (χ0) is 9.30. The molecule has 66 valence electrons. The summed E-state index contributed by atoms with van der Waals surface area (Å²) < 4.78 is 2.25. The molecule has 0 aliphatic rings. The Balaban J connectivity index is 3.04. The quantitative estimate of drug-likeness (QED) is 0.764. The van der Waals surface area contributed by atoms with Crippen molar-refractivity contribution in [1.82, 2.24) is 9.78 Å². The monoisotopic (exact) mass is 231 g/mol. The van der Waals surface area contributed by atoms with E-state index in [2.05, 4.69) is 21.0 Å². The summed E-state index contributed by atoms with van der Waals surface area (Å²) in [6.45, 7) is 1.65. The lowest BCUT2D eigenvalue weighted by molar-refractivity contribution is 0.0967. The number of hydrogen-bond acceptors (Lipinski definition) is 3. The predicted octanol–water partition coefficient (Wildman–Crippen LogP) is 0.712. The minimum atomic E-state index is -0.481. The van der Waals surface area contributed by atoms with Crippen LogP contribution in [-0.4, -0.2) is 21.6 Å². The van der Waals surface area contributed by atoms with E-state index < -0.39 is 6.04 Å². The number of carbonyl (C=O) groups is 1. The van der Waals surface area contributed by atoms with Crippen molar-refractivity contribution in [3.8, 4) is 0 Å². The summed E-state index contributed by atoms with van der Waals surface area (Å²) in [4.78, 5) is 11.4. The molecule has 0 spiro atoms. The van der Waals surface area contributed by atoms with Gasteiger partial charge in [-0.1, -0.05) is 0 Å². The van der Waals surface area contributed by atoms with Gasteiger partial charge in [0.15, 0.2) is 5.78 Å². The van der Waals surface area contributed by atoms with Gasteiger partial charge >= 0.3 is 0 Å². The molecule has 0 bridgehead atoms. The lowest BCUT2D eigenvalue weighted by atomic mass is 10.1. The van der Waals surface area contributed by atoms with Crippen LogP contribution in [0.15, 0.2) is 10.8 Å². The van der Waals surface area contributed by atoms with Crippen molar-refractivity contribution in [1.29, 1.82) is 0 Å². The Morgan fingerprint density at radius 1 is 1.83 bits per heavy atom. The zero-order valence-electron chi connectivity index (χ0n) is 6.91. The van der Waals surface area contributed by atoms with Crippen molar-refractivity contribution >= 4 is 21.7 Å². The fourth-order valence-electron chi connectivity index (χ4n) is 0.833. The van der Waals surface area contributed by atoms with E-state index in [1.807, 2.05) is 0 Å². The largest absolute Gasteiger partial charge is 0.321 e. The Hall–Kier alpha value is -0.680. The Labute approximate surface area is 78.9 Å². The van der Waals surface area contributed by atoms with Crippen molar-refractivity contribution in [2.75, 3.05) is 0 Å². The molecule has 0 aromatic carbocycles. The molecule has 1 aromatic rings. The number of aryl methyl sites for hydroxylation is 1. The molecule has 0 aliphatic heterocycles.